The summed E-state index contributed by atoms with van der Waals surface area (Å²) in [6.45, 7) is 2.81. The zero-order chi connectivity index (χ0) is 19.5. The lowest BCUT2D eigenvalue weighted by Crippen LogP contribution is -2.19. The van der Waals surface area contributed by atoms with Crippen molar-refractivity contribution >= 4 is 40.4 Å². The van der Waals surface area contributed by atoms with Gasteiger partial charge in [-0.05, 0) is 30.2 Å². The van der Waals surface area contributed by atoms with Crippen molar-refractivity contribution in [3.8, 4) is 11.5 Å². The number of unbranched alkanes of at least 4 members (excludes halogenated alkanes) is 2. The van der Waals surface area contributed by atoms with Gasteiger partial charge in [0.15, 0.2) is 15.8 Å². The Bertz CT molecular complexity index is 767. The molecule has 0 saturated heterocycles. The van der Waals surface area contributed by atoms with E-state index in [1.165, 1.54) is 23.1 Å². The first kappa shape index (κ1) is 21.0. The SMILES string of the molecule is CCCCCOc1ccc(C=NNC(=O)CSc2nnc(N)s2)cc1OC. The lowest BCUT2D eigenvalue weighted by Gasteiger charge is -2.11. The number of aromatic nitrogens is 2. The largest absolute Gasteiger partial charge is 0.493 e. The number of carbonyl (C=O) groups excluding carboxylic acids is 1. The van der Waals surface area contributed by atoms with Crippen molar-refractivity contribution in [1.29, 1.82) is 0 Å². The molecule has 0 unspecified atom stereocenters. The van der Waals surface area contributed by atoms with Crippen LogP contribution in [0.15, 0.2) is 27.6 Å². The third kappa shape index (κ3) is 7.43. The Kier molecular flexibility index (Phi) is 8.85. The van der Waals surface area contributed by atoms with Gasteiger partial charge in [0.2, 0.25) is 5.13 Å². The van der Waals surface area contributed by atoms with Gasteiger partial charge in [0.05, 0.1) is 25.7 Å². The molecule has 2 rings (SSSR count). The zero-order valence-corrected chi connectivity index (χ0v) is 16.9. The topological polar surface area (TPSA) is 112 Å². The van der Waals surface area contributed by atoms with Crippen LogP contribution in [0.3, 0.4) is 0 Å². The van der Waals surface area contributed by atoms with E-state index < -0.39 is 0 Å². The van der Waals surface area contributed by atoms with E-state index in [2.05, 4.69) is 27.6 Å². The smallest absolute Gasteiger partial charge is 0.250 e. The Morgan fingerprint density at radius 2 is 2.22 bits per heavy atom. The van der Waals surface area contributed by atoms with Crippen LogP contribution in [0.5, 0.6) is 11.5 Å². The van der Waals surface area contributed by atoms with Crippen LogP contribution in [0.1, 0.15) is 31.7 Å². The van der Waals surface area contributed by atoms with Gasteiger partial charge < -0.3 is 15.2 Å². The predicted molar refractivity (Wildman–Crippen MR) is 109 cm³/mol. The fraction of sp³-hybridized carbons (Fsp3) is 0.412. The van der Waals surface area contributed by atoms with Crippen LogP contribution >= 0.6 is 23.1 Å². The molecular weight excluding hydrogens is 386 g/mol. The number of hydrogen-bond donors (Lipinski definition) is 2. The van der Waals surface area contributed by atoms with Crippen molar-refractivity contribution in [3.63, 3.8) is 0 Å². The molecule has 0 bridgehead atoms. The normalized spacial score (nSPS) is 10.9. The molecule has 0 radical (unpaired) electrons. The number of anilines is 1. The minimum atomic E-state index is -0.243. The molecule has 2 aromatic rings. The van der Waals surface area contributed by atoms with Crippen LogP contribution in [-0.4, -0.2) is 41.8 Å². The van der Waals surface area contributed by atoms with Crippen LogP contribution in [0.25, 0.3) is 0 Å². The van der Waals surface area contributed by atoms with Gasteiger partial charge in [-0.1, -0.05) is 42.9 Å². The van der Waals surface area contributed by atoms with E-state index in [-0.39, 0.29) is 11.7 Å². The number of hydrazone groups is 1. The molecule has 0 aliphatic heterocycles. The number of nitrogen functional groups attached to an aromatic ring is 1. The molecule has 3 N–H and O–H groups in total. The minimum Gasteiger partial charge on any atom is -0.493 e. The first-order chi connectivity index (χ1) is 13.1. The number of nitrogens with one attached hydrogen (secondary N) is 1. The summed E-state index contributed by atoms with van der Waals surface area (Å²) < 4.78 is 11.7. The Morgan fingerprint density at radius 1 is 1.37 bits per heavy atom. The van der Waals surface area contributed by atoms with E-state index in [9.17, 15) is 4.79 Å². The maximum atomic E-state index is 11.8. The van der Waals surface area contributed by atoms with Crippen molar-refractivity contribution in [2.24, 2.45) is 5.10 Å². The molecule has 1 heterocycles. The van der Waals surface area contributed by atoms with E-state index in [4.69, 9.17) is 15.2 Å². The van der Waals surface area contributed by atoms with Gasteiger partial charge in [-0.3, -0.25) is 4.79 Å². The monoisotopic (exact) mass is 409 g/mol. The summed E-state index contributed by atoms with van der Waals surface area (Å²) in [7, 11) is 1.59. The second-order valence-electron chi connectivity index (χ2n) is 5.45. The molecule has 0 aliphatic carbocycles. The van der Waals surface area contributed by atoms with Crippen molar-refractivity contribution in [2.75, 3.05) is 25.2 Å². The molecule has 10 heteroatoms. The zero-order valence-electron chi connectivity index (χ0n) is 15.3. The molecule has 0 saturated carbocycles. The molecule has 0 aliphatic rings. The van der Waals surface area contributed by atoms with Gasteiger partial charge in [0, 0.05) is 0 Å². The second kappa shape index (κ2) is 11.4. The molecule has 0 spiro atoms. The summed E-state index contributed by atoms with van der Waals surface area (Å²) in [6.07, 6.45) is 4.85. The Hall–Kier alpha value is -2.33. The third-order valence-electron chi connectivity index (χ3n) is 3.34. The number of thioether (sulfide) groups is 1. The van der Waals surface area contributed by atoms with Gasteiger partial charge in [0.25, 0.3) is 5.91 Å². The highest BCUT2D eigenvalue weighted by atomic mass is 32.2. The average molecular weight is 410 g/mol. The molecular formula is C17H23N5O3S2. The van der Waals surface area contributed by atoms with Gasteiger partial charge in [0.1, 0.15) is 0 Å². The van der Waals surface area contributed by atoms with Gasteiger partial charge in [-0.2, -0.15) is 5.10 Å². The van der Waals surface area contributed by atoms with Crippen molar-refractivity contribution in [3.05, 3.63) is 23.8 Å². The minimum absolute atomic E-state index is 0.180. The van der Waals surface area contributed by atoms with Crippen LogP contribution in [0.4, 0.5) is 5.13 Å². The van der Waals surface area contributed by atoms with Crippen LogP contribution in [0, 0.1) is 0 Å². The highest BCUT2D eigenvalue weighted by molar-refractivity contribution is 8.01. The Morgan fingerprint density at radius 3 is 2.93 bits per heavy atom. The molecule has 0 atom stereocenters. The maximum absolute atomic E-state index is 11.8. The summed E-state index contributed by atoms with van der Waals surface area (Å²) in [5.41, 5.74) is 8.75. The van der Waals surface area contributed by atoms with Gasteiger partial charge >= 0.3 is 0 Å². The van der Waals surface area contributed by atoms with Gasteiger partial charge in [-0.15, -0.1) is 10.2 Å². The standard InChI is InChI=1S/C17H23N5O3S2/c1-3-4-5-8-25-13-7-6-12(9-14(13)24-2)10-19-20-15(23)11-26-17-22-21-16(18)27-17/h6-7,9-10H,3-5,8,11H2,1-2H3,(H2,18,21)(H,20,23). The Labute approximate surface area is 166 Å². The van der Waals surface area contributed by atoms with Crippen molar-refractivity contribution in [1.82, 2.24) is 15.6 Å². The Balaban J connectivity index is 1.81. The quantitative estimate of drug-likeness (QED) is 0.254. The summed E-state index contributed by atoms with van der Waals surface area (Å²) >= 11 is 2.50. The summed E-state index contributed by atoms with van der Waals surface area (Å²) in [5.74, 6) is 1.27. The molecule has 146 valence electrons. The summed E-state index contributed by atoms with van der Waals surface area (Å²) in [5, 5.41) is 11.9. The van der Waals surface area contributed by atoms with E-state index in [1.807, 2.05) is 18.2 Å². The molecule has 1 aromatic carbocycles. The van der Waals surface area contributed by atoms with E-state index in [0.29, 0.717) is 27.6 Å². The first-order valence-corrected chi connectivity index (χ1v) is 10.3. The number of hydrogen-bond acceptors (Lipinski definition) is 9. The number of benzene rings is 1. The van der Waals surface area contributed by atoms with E-state index >= 15 is 0 Å². The average Bonchev–Trinajstić information content (AvgIpc) is 3.09. The molecule has 1 amide bonds. The number of amides is 1. The van der Waals surface area contributed by atoms with Gasteiger partial charge in [-0.25, -0.2) is 5.43 Å². The number of methoxy groups -OCH3 is 1. The summed E-state index contributed by atoms with van der Waals surface area (Å²) in [6, 6.07) is 5.50. The number of nitrogens with zero attached hydrogens (tertiary/aromatic N) is 3. The maximum Gasteiger partial charge on any atom is 0.250 e. The number of nitrogens with two attached hydrogens (primary N) is 1. The summed E-state index contributed by atoms with van der Waals surface area (Å²) in [4.78, 5) is 11.8. The second-order valence-corrected chi connectivity index (χ2v) is 7.69. The predicted octanol–water partition coefficient (Wildman–Crippen LogP) is 2.94. The fourth-order valence-electron chi connectivity index (χ4n) is 2.03. The molecule has 1 aromatic heterocycles. The number of rotatable bonds is 11. The van der Waals surface area contributed by atoms with Crippen LogP contribution in [0.2, 0.25) is 0 Å². The lowest BCUT2D eigenvalue weighted by molar-refractivity contribution is -0.118. The van der Waals surface area contributed by atoms with E-state index in [1.54, 1.807) is 13.3 Å². The number of carbonyl (C=O) groups is 1. The van der Waals surface area contributed by atoms with Crippen molar-refractivity contribution in [2.45, 2.75) is 30.5 Å². The first-order valence-electron chi connectivity index (χ1n) is 8.47. The number of ether oxygens (including phenoxy) is 2. The van der Waals surface area contributed by atoms with Crippen LogP contribution < -0.4 is 20.6 Å². The van der Waals surface area contributed by atoms with E-state index in [0.717, 1.165) is 24.8 Å². The molecule has 8 nitrogen and oxygen atoms in total. The third-order valence-corrected chi connectivity index (χ3v) is 5.23. The highest BCUT2D eigenvalue weighted by Crippen LogP contribution is 2.28. The highest BCUT2D eigenvalue weighted by Gasteiger charge is 2.07. The molecule has 0 fully saturated rings. The lowest BCUT2D eigenvalue weighted by atomic mass is 10.2. The van der Waals surface area contributed by atoms with Crippen molar-refractivity contribution < 1.29 is 14.3 Å². The molecule has 27 heavy (non-hydrogen) atoms. The van der Waals surface area contributed by atoms with Crippen LogP contribution in [-0.2, 0) is 4.79 Å². The fourth-order valence-corrected chi connectivity index (χ4v) is 3.46.